The van der Waals surface area contributed by atoms with E-state index in [0.29, 0.717) is 17.8 Å². The number of carbonyl (C=O) groups excluding carboxylic acids is 1. The fourth-order valence-corrected chi connectivity index (χ4v) is 4.90. The number of benzene rings is 1. The van der Waals surface area contributed by atoms with Crippen molar-refractivity contribution in [1.29, 1.82) is 0 Å². The number of esters is 1. The van der Waals surface area contributed by atoms with E-state index in [1.807, 2.05) is 24.3 Å². The summed E-state index contributed by atoms with van der Waals surface area (Å²) in [7, 11) is 1.77. The summed E-state index contributed by atoms with van der Waals surface area (Å²) < 4.78 is 23.7. The van der Waals surface area contributed by atoms with Crippen LogP contribution in [-0.4, -0.2) is 42.2 Å². The molecule has 0 aliphatic rings. The van der Waals surface area contributed by atoms with Gasteiger partial charge in [-0.3, -0.25) is 19.2 Å². The van der Waals surface area contributed by atoms with E-state index in [-0.39, 0.29) is 28.2 Å². The number of halogens is 1. The molecule has 0 aliphatic carbocycles. The Balaban J connectivity index is 1.73. The van der Waals surface area contributed by atoms with Gasteiger partial charge in [0.1, 0.15) is 16.2 Å². The van der Waals surface area contributed by atoms with Gasteiger partial charge >= 0.3 is 5.97 Å². The van der Waals surface area contributed by atoms with Gasteiger partial charge in [-0.1, -0.05) is 12.1 Å². The predicted molar refractivity (Wildman–Crippen MR) is 128 cm³/mol. The molecule has 1 aromatic carbocycles. The number of ether oxygens (including phenoxy) is 1. The Labute approximate surface area is 197 Å². The molecule has 10 heteroatoms. The van der Waals surface area contributed by atoms with E-state index in [9.17, 15) is 9.59 Å². The standard InChI is InChI=1S/C24H20FN5O3S/c1-3-33-24(32)19-20(31)15-12-16(25)22(34-11-8-14-13-26-9-10-27-14)28-21(15)30-18-7-5-4-6-17(18)29(2)23(19)30/h4-7,9-10,12-13H,3,8,11H2,1-2H3. The van der Waals surface area contributed by atoms with E-state index in [2.05, 4.69) is 15.0 Å². The lowest BCUT2D eigenvalue weighted by Crippen LogP contribution is -2.22. The smallest absolute Gasteiger partial charge is 0.345 e. The number of pyridine rings is 2. The fraction of sp³-hybridized carbons (Fsp3) is 0.208. The maximum Gasteiger partial charge on any atom is 0.345 e. The second-order valence-corrected chi connectivity index (χ2v) is 8.66. The van der Waals surface area contributed by atoms with Crippen molar-refractivity contribution in [3.8, 4) is 0 Å². The molecule has 0 unspecified atom stereocenters. The Kier molecular flexibility index (Phi) is 5.74. The normalized spacial score (nSPS) is 11.5. The highest BCUT2D eigenvalue weighted by atomic mass is 32.2. The van der Waals surface area contributed by atoms with Crippen molar-refractivity contribution in [2.24, 2.45) is 7.05 Å². The maximum atomic E-state index is 15.0. The number of hydrogen-bond donors (Lipinski definition) is 0. The van der Waals surface area contributed by atoms with Gasteiger partial charge in [0.05, 0.1) is 28.7 Å². The van der Waals surface area contributed by atoms with Crippen molar-refractivity contribution in [1.82, 2.24) is 23.9 Å². The fourth-order valence-electron chi connectivity index (χ4n) is 4.05. The molecule has 172 valence electrons. The van der Waals surface area contributed by atoms with Crippen LogP contribution in [0.25, 0.3) is 27.7 Å². The molecular formula is C24H20FN5O3S. The first-order chi connectivity index (χ1) is 16.5. The highest BCUT2D eigenvalue weighted by Gasteiger charge is 2.26. The molecule has 0 saturated carbocycles. The molecule has 0 aliphatic heterocycles. The topological polar surface area (TPSA) is 91.4 Å². The van der Waals surface area contributed by atoms with Gasteiger partial charge in [0.25, 0.3) is 0 Å². The summed E-state index contributed by atoms with van der Waals surface area (Å²) in [5.74, 6) is -0.841. The van der Waals surface area contributed by atoms with Crippen LogP contribution < -0.4 is 5.43 Å². The van der Waals surface area contributed by atoms with Crippen molar-refractivity contribution >= 4 is 45.4 Å². The Morgan fingerprint density at radius 2 is 2.00 bits per heavy atom. The number of carbonyl (C=O) groups is 1. The highest BCUT2D eigenvalue weighted by Crippen LogP contribution is 2.29. The Morgan fingerprint density at radius 3 is 2.74 bits per heavy atom. The lowest BCUT2D eigenvalue weighted by atomic mass is 10.2. The predicted octanol–water partition coefficient (Wildman–Crippen LogP) is 3.78. The van der Waals surface area contributed by atoms with Gasteiger partial charge in [0.15, 0.2) is 11.5 Å². The molecule has 0 atom stereocenters. The summed E-state index contributed by atoms with van der Waals surface area (Å²) in [4.78, 5) is 39.0. The van der Waals surface area contributed by atoms with E-state index < -0.39 is 17.2 Å². The van der Waals surface area contributed by atoms with Gasteiger partial charge in [0, 0.05) is 37.8 Å². The van der Waals surface area contributed by atoms with Crippen LogP contribution in [0.15, 0.2) is 58.7 Å². The highest BCUT2D eigenvalue weighted by molar-refractivity contribution is 7.99. The summed E-state index contributed by atoms with van der Waals surface area (Å²) in [5.41, 5.74) is 2.22. The minimum Gasteiger partial charge on any atom is -0.462 e. The molecule has 0 saturated heterocycles. The SMILES string of the molecule is CCOC(=O)c1c(=O)c2cc(F)c(SCCc3cnccn3)nc2n2c3ccccc3n(C)c12. The van der Waals surface area contributed by atoms with Gasteiger partial charge in [-0.2, -0.15) is 0 Å². The molecule has 0 N–H and O–H groups in total. The molecule has 34 heavy (non-hydrogen) atoms. The van der Waals surface area contributed by atoms with Gasteiger partial charge in [-0.05, 0) is 25.1 Å². The molecule has 0 bridgehead atoms. The largest absolute Gasteiger partial charge is 0.462 e. The minimum absolute atomic E-state index is 0.0210. The summed E-state index contributed by atoms with van der Waals surface area (Å²) in [5, 5.41) is 0.189. The first-order valence-corrected chi connectivity index (χ1v) is 11.7. The van der Waals surface area contributed by atoms with Crippen molar-refractivity contribution in [3.63, 3.8) is 0 Å². The first-order valence-electron chi connectivity index (χ1n) is 10.7. The second-order valence-electron chi connectivity index (χ2n) is 7.57. The van der Waals surface area contributed by atoms with E-state index in [1.54, 1.807) is 41.5 Å². The molecular weight excluding hydrogens is 457 g/mol. The van der Waals surface area contributed by atoms with Crippen LogP contribution in [0, 0.1) is 5.82 Å². The maximum absolute atomic E-state index is 15.0. The quantitative estimate of drug-likeness (QED) is 0.271. The zero-order chi connectivity index (χ0) is 23.8. The van der Waals surface area contributed by atoms with Crippen molar-refractivity contribution in [2.45, 2.75) is 18.4 Å². The summed E-state index contributed by atoms with van der Waals surface area (Å²) in [6.45, 7) is 1.78. The molecule has 4 heterocycles. The molecule has 0 radical (unpaired) electrons. The van der Waals surface area contributed by atoms with Crippen molar-refractivity contribution in [3.05, 3.63) is 76.2 Å². The Bertz CT molecular complexity index is 1610. The van der Waals surface area contributed by atoms with Crippen LogP contribution >= 0.6 is 11.8 Å². The number of aromatic nitrogens is 5. The third-order valence-corrected chi connectivity index (χ3v) is 6.51. The molecule has 5 aromatic rings. The zero-order valence-electron chi connectivity index (χ0n) is 18.5. The van der Waals surface area contributed by atoms with Crippen molar-refractivity contribution in [2.75, 3.05) is 12.4 Å². The molecule has 5 rings (SSSR count). The summed E-state index contributed by atoms with van der Waals surface area (Å²) >= 11 is 1.23. The second kappa shape index (κ2) is 8.86. The van der Waals surface area contributed by atoms with E-state index in [1.165, 1.54) is 11.8 Å². The van der Waals surface area contributed by atoms with Gasteiger partial charge in [-0.15, -0.1) is 11.8 Å². The van der Waals surface area contributed by atoms with E-state index >= 15 is 4.39 Å². The minimum atomic E-state index is -0.749. The van der Waals surface area contributed by atoms with Crippen molar-refractivity contribution < 1.29 is 13.9 Å². The number of imidazole rings is 1. The molecule has 0 fully saturated rings. The average molecular weight is 478 g/mol. The molecule has 0 spiro atoms. The van der Waals surface area contributed by atoms with Crippen LogP contribution in [0.4, 0.5) is 4.39 Å². The molecule has 0 amide bonds. The van der Waals surface area contributed by atoms with Gasteiger partial charge in [-0.25, -0.2) is 14.2 Å². The number of aryl methyl sites for hydroxylation is 2. The summed E-state index contributed by atoms with van der Waals surface area (Å²) in [6.07, 6.45) is 5.46. The van der Waals surface area contributed by atoms with Crippen LogP contribution in [0.2, 0.25) is 0 Å². The number of para-hydroxylation sites is 2. The Hall–Kier alpha value is -3.79. The lowest BCUT2D eigenvalue weighted by Gasteiger charge is -2.11. The number of nitrogens with zero attached hydrogens (tertiary/aromatic N) is 5. The zero-order valence-corrected chi connectivity index (χ0v) is 19.3. The number of rotatable bonds is 6. The monoisotopic (exact) mass is 477 g/mol. The third kappa shape index (κ3) is 3.60. The average Bonchev–Trinajstić information content (AvgIpc) is 3.13. The number of thioether (sulfide) groups is 1. The number of hydrogen-bond acceptors (Lipinski definition) is 7. The van der Waals surface area contributed by atoms with Gasteiger partial charge in [0.2, 0.25) is 5.43 Å². The first kappa shape index (κ1) is 22.0. The molecule has 8 nitrogen and oxygen atoms in total. The van der Waals surface area contributed by atoms with E-state index in [4.69, 9.17) is 4.74 Å². The lowest BCUT2D eigenvalue weighted by molar-refractivity contribution is 0.0526. The van der Waals surface area contributed by atoms with Crippen LogP contribution in [-0.2, 0) is 18.2 Å². The summed E-state index contributed by atoms with van der Waals surface area (Å²) in [6, 6.07) is 8.63. The van der Waals surface area contributed by atoms with E-state index in [0.717, 1.165) is 22.8 Å². The van der Waals surface area contributed by atoms with Crippen LogP contribution in [0.3, 0.4) is 0 Å². The number of fused-ring (bicyclic) bond motifs is 5. The van der Waals surface area contributed by atoms with Crippen LogP contribution in [0.1, 0.15) is 23.0 Å². The van der Waals surface area contributed by atoms with Crippen LogP contribution in [0.5, 0.6) is 0 Å². The Morgan fingerprint density at radius 1 is 1.21 bits per heavy atom. The van der Waals surface area contributed by atoms with Gasteiger partial charge < -0.3 is 9.30 Å². The third-order valence-electron chi connectivity index (χ3n) is 5.54. The molecule has 4 aromatic heterocycles.